The van der Waals surface area contributed by atoms with Crippen molar-refractivity contribution in [3.8, 4) is 0 Å². The van der Waals surface area contributed by atoms with Crippen LogP contribution >= 0.6 is 0 Å². The Morgan fingerprint density at radius 1 is 1.27 bits per heavy atom. The summed E-state index contributed by atoms with van der Waals surface area (Å²) in [7, 11) is 0. The monoisotopic (exact) mass is 401 g/mol. The normalized spacial score (nSPS) is 14.9. The van der Waals surface area contributed by atoms with E-state index in [2.05, 4.69) is 26.3 Å². The Morgan fingerprint density at radius 2 is 2.07 bits per heavy atom. The lowest BCUT2D eigenvalue weighted by atomic mass is 10.0. The number of nitrogens with one attached hydrogen (secondary N) is 2. The molecule has 5 rings (SSSR count). The van der Waals surface area contributed by atoms with E-state index in [-0.39, 0.29) is 23.4 Å². The van der Waals surface area contributed by atoms with Crippen molar-refractivity contribution in [2.45, 2.75) is 45.7 Å². The summed E-state index contributed by atoms with van der Waals surface area (Å²) < 4.78 is 1.94. The molecule has 3 heterocycles. The third-order valence-electron chi connectivity index (χ3n) is 5.88. The van der Waals surface area contributed by atoms with Gasteiger partial charge in [0.05, 0.1) is 16.8 Å². The van der Waals surface area contributed by atoms with Crippen LogP contribution in [0.5, 0.6) is 0 Å². The predicted octanol–water partition coefficient (Wildman–Crippen LogP) is 4.29. The minimum absolute atomic E-state index is 0.0529. The summed E-state index contributed by atoms with van der Waals surface area (Å²) in [6, 6.07) is 8.10. The summed E-state index contributed by atoms with van der Waals surface area (Å²) in [4.78, 5) is 37.1. The molecule has 7 heteroatoms. The van der Waals surface area contributed by atoms with Crippen LogP contribution in [0.1, 0.15) is 60.4 Å². The Balaban J connectivity index is 1.64. The van der Waals surface area contributed by atoms with Crippen LogP contribution in [0.3, 0.4) is 0 Å². The van der Waals surface area contributed by atoms with Crippen molar-refractivity contribution in [2.75, 3.05) is 5.32 Å². The molecule has 1 saturated carbocycles. The highest BCUT2D eigenvalue weighted by molar-refractivity contribution is 6.09. The van der Waals surface area contributed by atoms with Crippen LogP contribution in [0.4, 0.5) is 5.82 Å². The van der Waals surface area contributed by atoms with E-state index in [1.807, 2.05) is 36.6 Å². The molecule has 0 radical (unpaired) electrons. The summed E-state index contributed by atoms with van der Waals surface area (Å²) in [5.41, 5.74) is 3.14. The molecule has 1 aliphatic carbocycles. The van der Waals surface area contributed by atoms with Crippen LogP contribution < -0.4 is 10.9 Å². The number of aryl methyl sites for hydroxylation is 1. The van der Waals surface area contributed by atoms with Gasteiger partial charge in [-0.1, -0.05) is 18.2 Å². The van der Waals surface area contributed by atoms with E-state index >= 15 is 0 Å². The zero-order chi connectivity index (χ0) is 21.0. The highest BCUT2D eigenvalue weighted by Gasteiger charge is 2.29. The summed E-state index contributed by atoms with van der Waals surface area (Å²) in [6.07, 6.45) is 5.16. The number of H-pyrrole nitrogens is 1. The van der Waals surface area contributed by atoms with E-state index < -0.39 is 0 Å². The van der Waals surface area contributed by atoms with Crippen LogP contribution in [0.25, 0.3) is 21.8 Å². The molecule has 1 atom stereocenters. The molecule has 0 unspecified atom stereocenters. The van der Waals surface area contributed by atoms with E-state index in [0.717, 1.165) is 34.9 Å². The quantitative estimate of drug-likeness (QED) is 0.487. The lowest BCUT2D eigenvalue weighted by Gasteiger charge is -2.22. The fraction of sp³-hybridized carbons (Fsp3) is 0.304. The fourth-order valence-electron chi connectivity index (χ4n) is 4.24. The first-order valence-corrected chi connectivity index (χ1v) is 10.2. The van der Waals surface area contributed by atoms with Gasteiger partial charge < -0.3 is 14.9 Å². The number of pyridine rings is 1. The second-order valence-corrected chi connectivity index (χ2v) is 8.09. The largest absolute Gasteiger partial charge is 0.361 e. The van der Waals surface area contributed by atoms with Gasteiger partial charge in [-0.05, 0) is 50.6 Å². The maximum Gasteiger partial charge on any atom is 0.259 e. The number of fused-ring (bicyclic) bond motifs is 2. The average molecular weight is 401 g/mol. The number of rotatable bonds is 5. The summed E-state index contributed by atoms with van der Waals surface area (Å²) in [6.45, 7) is 5.53. The van der Waals surface area contributed by atoms with E-state index in [0.29, 0.717) is 22.4 Å². The molecular formula is C23H23N5O2. The number of aromatic amines is 1. The molecule has 1 fully saturated rings. The molecule has 0 aliphatic heterocycles. The van der Waals surface area contributed by atoms with Crippen LogP contribution in [0.15, 0.2) is 41.6 Å². The fourth-order valence-corrected chi connectivity index (χ4v) is 4.24. The van der Waals surface area contributed by atoms with Gasteiger partial charge in [0.1, 0.15) is 17.8 Å². The predicted molar refractivity (Wildman–Crippen MR) is 117 cm³/mol. The van der Waals surface area contributed by atoms with Crippen LogP contribution in [0.2, 0.25) is 0 Å². The van der Waals surface area contributed by atoms with Crippen molar-refractivity contribution in [3.05, 3.63) is 64.0 Å². The molecule has 0 amide bonds. The standard InChI is InChI=1S/C23H23N5O2/c1-12-5-4-6-15-9-18(28(16-7-8-16)23(30)19(12)15)13(2)27-22-20-17(14(3)29)10-24-21(20)25-11-26-22/h4-6,9-11,13,16H,7-8H2,1-3H3,(H2,24,25,26,27)/t13-/m0/s1. The molecule has 1 aromatic carbocycles. The smallest absolute Gasteiger partial charge is 0.259 e. The molecule has 152 valence electrons. The van der Waals surface area contributed by atoms with Crippen molar-refractivity contribution >= 4 is 33.4 Å². The number of nitrogens with zero attached hydrogens (tertiary/aromatic N) is 3. The zero-order valence-corrected chi connectivity index (χ0v) is 17.2. The molecular weight excluding hydrogens is 378 g/mol. The molecule has 3 aromatic heterocycles. The Hall–Kier alpha value is -3.48. The minimum Gasteiger partial charge on any atom is -0.361 e. The number of benzene rings is 1. The van der Waals surface area contributed by atoms with Gasteiger partial charge >= 0.3 is 0 Å². The highest BCUT2D eigenvalue weighted by atomic mass is 16.1. The topological polar surface area (TPSA) is 92.7 Å². The van der Waals surface area contributed by atoms with Gasteiger partial charge in [0, 0.05) is 23.5 Å². The van der Waals surface area contributed by atoms with Crippen molar-refractivity contribution < 1.29 is 4.79 Å². The molecule has 2 N–H and O–H groups in total. The Bertz CT molecular complexity index is 1360. The number of carbonyl (C=O) groups excluding carboxylic acids is 1. The summed E-state index contributed by atoms with van der Waals surface area (Å²) in [5.74, 6) is 0.529. The first kappa shape index (κ1) is 18.5. The van der Waals surface area contributed by atoms with Crippen molar-refractivity contribution in [1.82, 2.24) is 19.5 Å². The van der Waals surface area contributed by atoms with E-state index in [4.69, 9.17) is 0 Å². The number of hydrogen-bond acceptors (Lipinski definition) is 5. The Kier molecular flexibility index (Phi) is 4.20. The molecule has 0 spiro atoms. The first-order chi connectivity index (χ1) is 14.5. The minimum atomic E-state index is -0.184. The highest BCUT2D eigenvalue weighted by Crippen LogP contribution is 2.37. The third-order valence-corrected chi connectivity index (χ3v) is 5.88. The zero-order valence-electron chi connectivity index (χ0n) is 17.2. The van der Waals surface area contributed by atoms with Gasteiger partial charge in [-0.25, -0.2) is 9.97 Å². The Morgan fingerprint density at radius 3 is 2.80 bits per heavy atom. The van der Waals surface area contributed by atoms with E-state index in [1.54, 1.807) is 6.20 Å². The summed E-state index contributed by atoms with van der Waals surface area (Å²) in [5, 5.41) is 5.83. The van der Waals surface area contributed by atoms with Gasteiger partial charge in [0.25, 0.3) is 5.56 Å². The second-order valence-electron chi connectivity index (χ2n) is 8.09. The van der Waals surface area contributed by atoms with Gasteiger partial charge in [-0.2, -0.15) is 0 Å². The van der Waals surface area contributed by atoms with Crippen LogP contribution in [-0.2, 0) is 0 Å². The average Bonchev–Trinajstić information content (AvgIpc) is 3.44. The van der Waals surface area contributed by atoms with Crippen LogP contribution in [0, 0.1) is 6.92 Å². The van der Waals surface area contributed by atoms with E-state index in [9.17, 15) is 9.59 Å². The number of anilines is 1. The molecule has 0 saturated heterocycles. The molecule has 0 bridgehead atoms. The third kappa shape index (κ3) is 2.89. The van der Waals surface area contributed by atoms with Gasteiger partial charge in [-0.15, -0.1) is 0 Å². The SMILES string of the molecule is CC(=O)c1c[nH]c2ncnc(N[C@@H](C)c3cc4cccc(C)c4c(=O)n3C3CC3)c12. The van der Waals surface area contributed by atoms with E-state index in [1.165, 1.54) is 13.3 Å². The first-order valence-electron chi connectivity index (χ1n) is 10.2. The molecule has 4 aromatic rings. The lowest BCUT2D eigenvalue weighted by Crippen LogP contribution is -2.26. The van der Waals surface area contributed by atoms with Gasteiger partial charge in [-0.3, -0.25) is 9.59 Å². The van der Waals surface area contributed by atoms with Crippen LogP contribution in [-0.4, -0.2) is 25.3 Å². The van der Waals surface area contributed by atoms with Crippen molar-refractivity contribution in [2.24, 2.45) is 0 Å². The summed E-state index contributed by atoms with van der Waals surface area (Å²) >= 11 is 0. The van der Waals surface area contributed by atoms with Gasteiger partial charge in [0.15, 0.2) is 5.78 Å². The maximum atomic E-state index is 13.4. The maximum absolute atomic E-state index is 13.4. The Labute approximate surface area is 173 Å². The molecule has 1 aliphatic rings. The molecule has 30 heavy (non-hydrogen) atoms. The number of ketones is 1. The molecule has 7 nitrogen and oxygen atoms in total. The number of hydrogen-bond donors (Lipinski definition) is 2. The second kappa shape index (κ2) is 6.79. The number of carbonyl (C=O) groups is 1. The number of aromatic nitrogens is 4. The van der Waals surface area contributed by atoms with Crippen molar-refractivity contribution in [3.63, 3.8) is 0 Å². The number of Topliss-reactive ketones (excluding diaryl/α,β-unsaturated/α-hetero) is 1. The lowest BCUT2D eigenvalue weighted by molar-refractivity contribution is 0.101. The van der Waals surface area contributed by atoms with Crippen molar-refractivity contribution in [1.29, 1.82) is 0 Å². The van der Waals surface area contributed by atoms with Gasteiger partial charge in [0.2, 0.25) is 0 Å².